The number of fused-ring (bicyclic) bond motifs is 1. The molecular formula is C20H22N6O2S. The van der Waals surface area contributed by atoms with Gasteiger partial charge in [-0.25, -0.2) is 18.1 Å². The Hall–Kier alpha value is -3.20. The summed E-state index contributed by atoms with van der Waals surface area (Å²) in [7, 11) is -2.03. The molecule has 0 fully saturated rings. The van der Waals surface area contributed by atoms with Gasteiger partial charge in [-0.05, 0) is 29.2 Å². The van der Waals surface area contributed by atoms with E-state index in [1.165, 1.54) is 12.3 Å². The van der Waals surface area contributed by atoms with Crippen LogP contribution in [0.15, 0.2) is 60.0 Å². The molecule has 0 radical (unpaired) electrons. The summed E-state index contributed by atoms with van der Waals surface area (Å²) in [6.45, 7) is 6.31. The molecule has 0 saturated heterocycles. The first kappa shape index (κ1) is 19.1. The van der Waals surface area contributed by atoms with Crippen LogP contribution in [0.2, 0.25) is 0 Å². The predicted octanol–water partition coefficient (Wildman–Crippen LogP) is 3.25. The van der Waals surface area contributed by atoms with Crippen LogP contribution in [0.3, 0.4) is 0 Å². The van der Waals surface area contributed by atoms with Crippen LogP contribution in [-0.4, -0.2) is 33.0 Å². The number of aromatic nitrogens is 5. The lowest BCUT2D eigenvalue weighted by Gasteiger charge is -2.14. The first-order chi connectivity index (χ1) is 13.6. The zero-order valence-electron chi connectivity index (χ0n) is 16.7. The van der Waals surface area contributed by atoms with Gasteiger partial charge in [-0.1, -0.05) is 32.9 Å². The molecule has 0 aliphatic rings. The monoisotopic (exact) mass is 410 g/mol. The topological polar surface area (TPSA) is 94.7 Å². The molecule has 0 aliphatic heterocycles. The van der Waals surface area contributed by atoms with Crippen LogP contribution >= 0.6 is 0 Å². The van der Waals surface area contributed by atoms with Crippen molar-refractivity contribution in [1.82, 2.24) is 24.5 Å². The average molecular weight is 411 g/mol. The summed E-state index contributed by atoms with van der Waals surface area (Å²) in [4.78, 5) is 4.36. The molecule has 4 aromatic rings. The van der Waals surface area contributed by atoms with E-state index >= 15 is 0 Å². The van der Waals surface area contributed by atoms with Gasteiger partial charge in [-0.2, -0.15) is 10.2 Å². The average Bonchev–Trinajstić information content (AvgIpc) is 3.30. The number of para-hydroxylation sites is 1. The first-order valence-electron chi connectivity index (χ1n) is 9.10. The maximum atomic E-state index is 12.9. The van der Waals surface area contributed by atoms with Gasteiger partial charge in [0.15, 0.2) is 5.82 Å². The van der Waals surface area contributed by atoms with Crippen molar-refractivity contribution in [1.29, 1.82) is 0 Å². The highest BCUT2D eigenvalue weighted by molar-refractivity contribution is 7.92. The molecule has 0 bridgehead atoms. The highest BCUT2D eigenvalue weighted by Gasteiger charge is 2.19. The van der Waals surface area contributed by atoms with Crippen LogP contribution in [0.4, 0.5) is 5.69 Å². The van der Waals surface area contributed by atoms with Gasteiger partial charge in [0.05, 0.1) is 23.6 Å². The van der Waals surface area contributed by atoms with E-state index in [9.17, 15) is 8.42 Å². The second kappa shape index (κ2) is 6.70. The number of aryl methyl sites for hydroxylation is 1. The van der Waals surface area contributed by atoms with Crippen molar-refractivity contribution in [3.63, 3.8) is 0 Å². The molecule has 4 rings (SSSR count). The highest BCUT2D eigenvalue weighted by atomic mass is 32.2. The van der Waals surface area contributed by atoms with Gasteiger partial charge in [0.1, 0.15) is 4.90 Å². The molecule has 0 amide bonds. The third-order valence-corrected chi connectivity index (χ3v) is 6.07. The molecule has 0 aliphatic carbocycles. The van der Waals surface area contributed by atoms with Crippen LogP contribution in [0.5, 0.6) is 0 Å². The normalized spacial score (nSPS) is 12.4. The number of hydrogen-bond donors (Lipinski definition) is 1. The van der Waals surface area contributed by atoms with E-state index in [-0.39, 0.29) is 10.3 Å². The summed E-state index contributed by atoms with van der Waals surface area (Å²) in [5, 5.41) is 9.37. The molecule has 9 heteroatoms. The van der Waals surface area contributed by atoms with E-state index in [1.807, 2.05) is 12.3 Å². The van der Waals surface area contributed by atoms with E-state index in [4.69, 9.17) is 0 Å². The number of benzene rings is 1. The zero-order chi connectivity index (χ0) is 20.8. The van der Waals surface area contributed by atoms with Gasteiger partial charge in [0, 0.05) is 24.8 Å². The third-order valence-electron chi connectivity index (χ3n) is 4.72. The maximum Gasteiger partial charge on any atom is 0.263 e. The van der Waals surface area contributed by atoms with Crippen molar-refractivity contribution in [2.45, 2.75) is 31.1 Å². The Morgan fingerprint density at radius 3 is 2.45 bits per heavy atom. The number of hydrogen-bond acceptors (Lipinski definition) is 5. The zero-order valence-corrected chi connectivity index (χ0v) is 17.5. The minimum absolute atomic E-state index is 0.0295. The van der Waals surface area contributed by atoms with Crippen molar-refractivity contribution in [2.24, 2.45) is 7.05 Å². The Labute approximate surface area is 169 Å². The molecule has 29 heavy (non-hydrogen) atoms. The Balaban J connectivity index is 1.62. The number of anilines is 1. The van der Waals surface area contributed by atoms with Crippen molar-refractivity contribution in [3.8, 4) is 5.82 Å². The van der Waals surface area contributed by atoms with Crippen molar-refractivity contribution in [3.05, 3.63) is 60.7 Å². The first-order valence-corrected chi connectivity index (χ1v) is 10.6. The van der Waals surface area contributed by atoms with Gasteiger partial charge in [0.2, 0.25) is 0 Å². The van der Waals surface area contributed by atoms with E-state index in [0.717, 1.165) is 10.9 Å². The number of rotatable bonds is 4. The maximum absolute atomic E-state index is 12.9. The molecule has 0 atom stereocenters. The van der Waals surface area contributed by atoms with Crippen LogP contribution in [0.25, 0.3) is 16.7 Å². The van der Waals surface area contributed by atoms with Crippen LogP contribution < -0.4 is 4.72 Å². The standard InChI is InChI=1S/C20H22N6O2S/c1-20(2,3)15-11-23-26(13-15)18-9-8-16(12-21-18)29(27,28)24-17-7-5-6-14-10-22-25(4)19(14)17/h5-13,24H,1-4H3. The van der Waals surface area contributed by atoms with Crippen LogP contribution in [0.1, 0.15) is 26.3 Å². The summed E-state index contributed by atoms with van der Waals surface area (Å²) >= 11 is 0. The Morgan fingerprint density at radius 2 is 1.79 bits per heavy atom. The van der Waals surface area contributed by atoms with E-state index in [2.05, 4.69) is 40.7 Å². The highest BCUT2D eigenvalue weighted by Crippen LogP contribution is 2.26. The summed E-state index contributed by atoms with van der Waals surface area (Å²) < 4.78 is 31.6. The van der Waals surface area contributed by atoms with Gasteiger partial charge in [-0.15, -0.1) is 0 Å². The Bertz CT molecular complexity index is 1280. The summed E-state index contributed by atoms with van der Waals surface area (Å²) in [5.41, 5.74) is 2.22. The predicted molar refractivity (Wildman–Crippen MR) is 112 cm³/mol. The molecule has 0 spiro atoms. The molecule has 3 heterocycles. The Morgan fingerprint density at radius 1 is 1.00 bits per heavy atom. The molecule has 150 valence electrons. The van der Waals surface area contributed by atoms with E-state index in [0.29, 0.717) is 17.0 Å². The van der Waals surface area contributed by atoms with Crippen molar-refractivity contribution in [2.75, 3.05) is 4.72 Å². The molecule has 0 saturated carbocycles. The number of sulfonamides is 1. The molecular weight excluding hydrogens is 388 g/mol. The molecule has 1 N–H and O–H groups in total. The fourth-order valence-electron chi connectivity index (χ4n) is 3.02. The van der Waals surface area contributed by atoms with Gasteiger partial charge in [0.25, 0.3) is 10.0 Å². The summed E-state index contributed by atoms with van der Waals surface area (Å²) in [5.74, 6) is 0.549. The van der Waals surface area contributed by atoms with E-state index < -0.39 is 10.0 Å². The lowest BCUT2D eigenvalue weighted by molar-refractivity contribution is 0.590. The largest absolute Gasteiger partial charge is 0.277 e. The minimum atomic E-state index is -3.80. The molecule has 3 aromatic heterocycles. The van der Waals surface area contributed by atoms with Crippen molar-refractivity contribution < 1.29 is 8.42 Å². The summed E-state index contributed by atoms with van der Waals surface area (Å²) in [6.07, 6.45) is 6.72. The lowest BCUT2D eigenvalue weighted by Crippen LogP contribution is -2.14. The van der Waals surface area contributed by atoms with Gasteiger partial charge in [-0.3, -0.25) is 9.40 Å². The second-order valence-electron chi connectivity index (χ2n) is 7.89. The van der Waals surface area contributed by atoms with E-state index in [1.54, 1.807) is 47.0 Å². The fraction of sp³-hybridized carbons (Fsp3) is 0.250. The van der Waals surface area contributed by atoms with Gasteiger partial charge >= 0.3 is 0 Å². The number of nitrogens with zero attached hydrogens (tertiary/aromatic N) is 5. The van der Waals surface area contributed by atoms with Crippen LogP contribution in [0, 0.1) is 0 Å². The quantitative estimate of drug-likeness (QED) is 0.557. The van der Waals surface area contributed by atoms with Crippen molar-refractivity contribution >= 4 is 26.6 Å². The SMILES string of the molecule is Cn1ncc2cccc(NS(=O)(=O)c3ccc(-n4cc(C(C)(C)C)cn4)nc3)c21. The third kappa shape index (κ3) is 3.61. The molecule has 1 aromatic carbocycles. The van der Waals surface area contributed by atoms with Crippen LogP contribution in [-0.2, 0) is 22.5 Å². The smallest absolute Gasteiger partial charge is 0.263 e. The number of pyridine rings is 1. The lowest BCUT2D eigenvalue weighted by atomic mass is 9.90. The molecule has 0 unspecified atom stereocenters. The summed E-state index contributed by atoms with van der Waals surface area (Å²) in [6, 6.07) is 8.53. The Kier molecular flexibility index (Phi) is 4.42. The molecule has 8 nitrogen and oxygen atoms in total. The number of nitrogens with one attached hydrogen (secondary N) is 1. The minimum Gasteiger partial charge on any atom is -0.277 e. The second-order valence-corrected chi connectivity index (χ2v) is 9.58. The van der Waals surface area contributed by atoms with Gasteiger partial charge < -0.3 is 0 Å². The fourth-order valence-corrected chi connectivity index (χ4v) is 4.03.